The van der Waals surface area contributed by atoms with Crippen LogP contribution in [0.2, 0.25) is 10.0 Å². The summed E-state index contributed by atoms with van der Waals surface area (Å²) in [5.74, 6) is -0.118. The molecule has 0 spiro atoms. The van der Waals surface area contributed by atoms with Gasteiger partial charge in [0.25, 0.3) is 5.91 Å². The lowest BCUT2D eigenvalue weighted by molar-refractivity contribution is -0.113. The Hall–Kier alpha value is -2.09. The minimum atomic E-state index is -0.118. The average molecular weight is 574 g/mol. The van der Waals surface area contributed by atoms with Gasteiger partial charge in [0.1, 0.15) is 0 Å². The highest BCUT2D eigenvalue weighted by atomic mass is 79.9. The predicted molar refractivity (Wildman–Crippen MR) is 147 cm³/mol. The number of carbonyl (C=O) groups excluding carboxylic acids is 1. The molecule has 33 heavy (non-hydrogen) atoms. The molecular formula is C25H15BrCl2N2OS2. The maximum atomic E-state index is 13.2. The number of benzene rings is 3. The van der Waals surface area contributed by atoms with Gasteiger partial charge in [0.15, 0.2) is 4.32 Å². The standard InChI is InChI=1S/C25H15BrCl2N2OS2/c26-17-7-9-22-20(11-17)16(14-29(22)13-15-6-8-18(27)12-21(15)28)10-23-24(31)30(25(32)33-23)19-4-2-1-3-5-19/h1-12,14H,13H2/b23-10-. The number of hydrogen-bond acceptors (Lipinski definition) is 3. The number of halogens is 3. The summed E-state index contributed by atoms with van der Waals surface area (Å²) in [5.41, 5.74) is 3.70. The summed E-state index contributed by atoms with van der Waals surface area (Å²) in [6.45, 7) is 0.576. The summed E-state index contributed by atoms with van der Waals surface area (Å²) in [6, 6.07) is 21.1. The number of thiocarbonyl (C=S) groups is 1. The number of para-hydroxylation sites is 1. The summed E-state index contributed by atoms with van der Waals surface area (Å²) in [6.07, 6.45) is 3.95. The number of thioether (sulfide) groups is 1. The number of amides is 1. The van der Waals surface area contributed by atoms with Crippen molar-refractivity contribution >= 4 is 96.0 Å². The van der Waals surface area contributed by atoms with Gasteiger partial charge in [-0.3, -0.25) is 9.69 Å². The van der Waals surface area contributed by atoms with Crippen LogP contribution in [0.1, 0.15) is 11.1 Å². The summed E-state index contributed by atoms with van der Waals surface area (Å²) in [7, 11) is 0. The summed E-state index contributed by atoms with van der Waals surface area (Å²) < 4.78 is 3.61. The molecule has 0 saturated carbocycles. The van der Waals surface area contributed by atoms with Gasteiger partial charge >= 0.3 is 0 Å². The SMILES string of the molecule is O=C1/C(=C/c2cn(Cc3ccc(Cl)cc3Cl)c3ccc(Br)cc23)SC(=S)N1c1ccccc1. The maximum Gasteiger partial charge on any atom is 0.270 e. The van der Waals surface area contributed by atoms with Gasteiger partial charge in [0, 0.05) is 43.7 Å². The normalized spacial score (nSPS) is 15.2. The Balaban J connectivity index is 1.56. The van der Waals surface area contributed by atoms with E-state index in [9.17, 15) is 4.79 Å². The zero-order chi connectivity index (χ0) is 23.1. The van der Waals surface area contributed by atoms with E-state index in [2.05, 4.69) is 32.6 Å². The number of hydrogen-bond donors (Lipinski definition) is 0. The van der Waals surface area contributed by atoms with Gasteiger partial charge in [0.2, 0.25) is 0 Å². The number of rotatable bonds is 4. The van der Waals surface area contributed by atoms with Crippen LogP contribution >= 0.6 is 63.1 Å². The van der Waals surface area contributed by atoms with Crippen molar-refractivity contribution < 1.29 is 4.79 Å². The largest absolute Gasteiger partial charge is 0.342 e. The molecule has 0 aliphatic carbocycles. The molecule has 8 heteroatoms. The Morgan fingerprint density at radius 3 is 2.58 bits per heavy atom. The van der Waals surface area contributed by atoms with Gasteiger partial charge in [0.05, 0.1) is 10.6 Å². The second-order valence-corrected chi connectivity index (χ2v) is 10.9. The van der Waals surface area contributed by atoms with E-state index in [1.54, 1.807) is 11.0 Å². The van der Waals surface area contributed by atoms with Gasteiger partial charge < -0.3 is 4.57 Å². The molecule has 0 bridgehead atoms. The third-order valence-electron chi connectivity index (χ3n) is 5.32. The fraction of sp³-hybridized carbons (Fsp3) is 0.0400. The topological polar surface area (TPSA) is 25.2 Å². The van der Waals surface area contributed by atoms with Gasteiger partial charge in [-0.1, -0.05) is 87.4 Å². The van der Waals surface area contributed by atoms with E-state index in [1.807, 2.05) is 60.8 Å². The molecule has 0 atom stereocenters. The summed E-state index contributed by atoms with van der Waals surface area (Å²) in [5, 5.41) is 2.25. The molecule has 1 fully saturated rings. The minimum absolute atomic E-state index is 0.118. The van der Waals surface area contributed by atoms with Crippen molar-refractivity contribution in [3.8, 4) is 0 Å². The molecule has 4 aromatic rings. The molecule has 5 rings (SSSR count). The Bertz CT molecular complexity index is 1450. The van der Waals surface area contributed by atoms with Crippen LogP contribution in [0.3, 0.4) is 0 Å². The van der Waals surface area contributed by atoms with E-state index in [-0.39, 0.29) is 5.91 Å². The first-order valence-corrected chi connectivity index (χ1v) is 12.7. The van der Waals surface area contributed by atoms with Crippen molar-refractivity contribution in [2.45, 2.75) is 6.54 Å². The Labute approximate surface area is 219 Å². The first kappa shape index (κ1) is 22.7. The van der Waals surface area contributed by atoms with Gasteiger partial charge in [-0.15, -0.1) is 0 Å². The molecule has 3 nitrogen and oxygen atoms in total. The van der Waals surface area contributed by atoms with E-state index >= 15 is 0 Å². The van der Waals surface area contributed by atoms with Crippen LogP contribution in [0.5, 0.6) is 0 Å². The van der Waals surface area contributed by atoms with Crippen molar-refractivity contribution in [1.29, 1.82) is 0 Å². The Kier molecular flexibility index (Phi) is 6.38. The maximum absolute atomic E-state index is 13.2. The Morgan fingerprint density at radius 2 is 1.82 bits per heavy atom. The zero-order valence-corrected chi connectivity index (χ0v) is 21.7. The van der Waals surface area contributed by atoms with E-state index in [4.69, 9.17) is 35.4 Å². The number of nitrogens with zero attached hydrogens (tertiary/aromatic N) is 2. The third kappa shape index (κ3) is 4.51. The van der Waals surface area contributed by atoms with Crippen molar-refractivity contribution in [1.82, 2.24) is 4.57 Å². The predicted octanol–water partition coefficient (Wildman–Crippen LogP) is 8.16. The highest BCUT2D eigenvalue weighted by Gasteiger charge is 2.33. The number of anilines is 1. The molecule has 1 saturated heterocycles. The molecule has 1 aromatic heterocycles. The summed E-state index contributed by atoms with van der Waals surface area (Å²) >= 11 is 22.9. The van der Waals surface area contributed by atoms with Crippen molar-refractivity contribution in [2.75, 3.05) is 4.90 Å². The molecule has 0 N–H and O–H groups in total. The zero-order valence-electron chi connectivity index (χ0n) is 17.0. The van der Waals surface area contributed by atoms with Crippen molar-refractivity contribution in [3.05, 3.63) is 103 Å². The number of aromatic nitrogens is 1. The minimum Gasteiger partial charge on any atom is -0.342 e. The number of fused-ring (bicyclic) bond motifs is 1. The van der Waals surface area contributed by atoms with Crippen LogP contribution in [-0.2, 0) is 11.3 Å². The molecule has 2 heterocycles. The monoisotopic (exact) mass is 572 g/mol. The fourth-order valence-electron chi connectivity index (χ4n) is 3.78. The van der Waals surface area contributed by atoms with Crippen LogP contribution in [0.15, 0.2) is 82.3 Å². The third-order valence-corrected chi connectivity index (χ3v) is 7.71. The van der Waals surface area contributed by atoms with Gasteiger partial charge in [-0.25, -0.2) is 0 Å². The van der Waals surface area contributed by atoms with E-state index < -0.39 is 0 Å². The van der Waals surface area contributed by atoms with Crippen molar-refractivity contribution in [3.63, 3.8) is 0 Å². The van der Waals surface area contributed by atoms with Crippen LogP contribution in [0.25, 0.3) is 17.0 Å². The van der Waals surface area contributed by atoms with Crippen LogP contribution in [-0.4, -0.2) is 14.8 Å². The van der Waals surface area contributed by atoms with E-state index in [1.165, 1.54) is 11.8 Å². The van der Waals surface area contributed by atoms with Crippen LogP contribution < -0.4 is 4.90 Å². The molecule has 0 unspecified atom stereocenters. The Morgan fingerprint density at radius 1 is 1.03 bits per heavy atom. The summed E-state index contributed by atoms with van der Waals surface area (Å²) in [4.78, 5) is 15.4. The molecule has 0 radical (unpaired) electrons. The fourth-order valence-corrected chi connectivity index (χ4v) is 5.90. The van der Waals surface area contributed by atoms with Crippen LogP contribution in [0, 0.1) is 0 Å². The quantitative estimate of drug-likeness (QED) is 0.182. The molecule has 1 amide bonds. The van der Waals surface area contributed by atoms with Crippen LogP contribution in [0.4, 0.5) is 5.69 Å². The van der Waals surface area contributed by atoms with E-state index in [0.29, 0.717) is 25.8 Å². The molecule has 1 aliphatic heterocycles. The van der Waals surface area contributed by atoms with Gasteiger partial charge in [-0.05, 0) is 54.1 Å². The first-order chi connectivity index (χ1) is 15.9. The lowest BCUT2D eigenvalue weighted by atomic mass is 10.1. The van der Waals surface area contributed by atoms with Crippen molar-refractivity contribution in [2.24, 2.45) is 0 Å². The smallest absolute Gasteiger partial charge is 0.270 e. The lowest BCUT2D eigenvalue weighted by Crippen LogP contribution is -2.27. The first-order valence-electron chi connectivity index (χ1n) is 9.96. The van der Waals surface area contributed by atoms with E-state index in [0.717, 1.165) is 32.2 Å². The highest BCUT2D eigenvalue weighted by Crippen LogP contribution is 2.37. The molecule has 1 aliphatic rings. The number of carbonyl (C=O) groups is 1. The molecule has 164 valence electrons. The second-order valence-electron chi connectivity index (χ2n) is 7.46. The molecular weight excluding hydrogens is 559 g/mol. The highest BCUT2D eigenvalue weighted by molar-refractivity contribution is 9.10. The average Bonchev–Trinajstić information content (AvgIpc) is 3.26. The second kappa shape index (κ2) is 9.28. The van der Waals surface area contributed by atoms with Gasteiger partial charge in [-0.2, -0.15) is 0 Å². The lowest BCUT2D eigenvalue weighted by Gasteiger charge is -2.13. The molecule has 3 aromatic carbocycles.